The van der Waals surface area contributed by atoms with Gasteiger partial charge in [-0.1, -0.05) is 34.9 Å². The van der Waals surface area contributed by atoms with E-state index >= 15 is 0 Å². The summed E-state index contributed by atoms with van der Waals surface area (Å²) in [5, 5.41) is 8.23. The fourth-order valence-electron chi connectivity index (χ4n) is 2.69. The van der Waals surface area contributed by atoms with Gasteiger partial charge in [-0.05, 0) is 31.9 Å². The van der Waals surface area contributed by atoms with Crippen LogP contribution < -0.4 is 5.56 Å². The molecule has 5 nitrogen and oxygen atoms in total. The first-order valence-electron chi connectivity index (χ1n) is 7.28. The van der Waals surface area contributed by atoms with Gasteiger partial charge in [-0.15, -0.1) is 21.5 Å². The molecule has 0 N–H and O–H groups in total. The highest BCUT2D eigenvalue weighted by atomic mass is 32.2. The second-order valence-electron chi connectivity index (χ2n) is 5.21. The molecule has 0 amide bonds. The highest BCUT2D eigenvalue weighted by Gasteiger charge is 2.18. The van der Waals surface area contributed by atoms with Crippen molar-refractivity contribution in [3.8, 4) is 0 Å². The van der Waals surface area contributed by atoms with E-state index in [0.717, 1.165) is 38.6 Å². The van der Waals surface area contributed by atoms with Crippen LogP contribution in [0.15, 0.2) is 19.5 Å². The molecule has 3 aromatic heterocycles. The first kappa shape index (κ1) is 15.6. The fraction of sp³-hybridized carbons (Fsp3) is 0.429. The standard InChI is InChI=1S/C14H14N4OS4/c1-20-13-16-17-14(23-13)21-7-8-6-11(19)18-9-4-2-3-5-10(9)22-12(18)15-8/h6H,2-5,7H2,1H3. The lowest BCUT2D eigenvalue weighted by atomic mass is 10.0. The molecule has 1 aliphatic rings. The van der Waals surface area contributed by atoms with E-state index in [0.29, 0.717) is 5.75 Å². The molecule has 23 heavy (non-hydrogen) atoms. The van der Waals surface area contributed by atoms with Gasteiger partial charge >= 0.3 is 0 Å². The van der Waals surface area contributed by atoms with Gasteiger partial charge < -0.3 is 0 Å². The van der Waals surface area contributed by atoms with E-state index < -0.39 is 0 Å². The van der Waals surface area contributed by atoms with Crippen LogP contribution in [0.4, 0.5) is 0 Å². The van der Waals surface area contributed by atoms with Gasteiger partial charge in [0, 0.05) is 22.4 Å². The Labute approximate surface area is 149 Å². The third-order valence-corrected chi connectivity index (χ3v) is 7.93. The van der Waals surface area contributed by atoms with E-state index in [1.807, 2.05) is 10.7 Å². The summed E-state index contributed by atoms with van der Waals surface area (Å²) in [4.78, 5) is 19.3. The van der Waals surface area contributed by atoms with Gasteiger partial charge in [0.2, 0.25) is 0 Å². The van der Waals surface area contributed by atoms with Crippen molar-refractivity contribution in [2.24, 2.45) is 0 Å². The van der Waals surface area contributed by atoms with Gasteiger partial charge in [-0.25, -0.2) is 4.98 Å². The van der Waals surface area contributed by atoms with Crippen molar-refractivity contribution in [3.05, 3.63) is 32.7 Å². The van der Waals surface area contributed by atoms with E-state index in [9.17, 15) is 4.79 Å². The summed E-state index contributed by atoms with van der Waals surface area (Å²) >= 11 is 6.43. The Balaban J connectivity index is 1.62. The zero-order valence-corrected chi connectivity index (χ0v) is 15.7. The van der Waals surface area contributed by atoms with Crippen LogP contribution in [0.25, 0.3) is 4.96 Å². The molecule has 3 aromatic rings. The van der Waals surface area contributed by atoms with Crippen molar-refractivity contribution in [2.75, 3.05) is 6.26 Å². The smallest absolute Gasteiger partial charge is 0.259 e. The van der Waals surface area contributed by atoms with E-state index in [2.05, 4.69) is 10.2 Å². The Morgan fingerprint density at radius 1 is 1.22 bits per heavy atom. The largest absolute Gasteiger partial charge is 0.269 e. The molecule has 0 radical (unpaired) electrons. The Bertz CT molecular complexity index is 913. The van der Waals surface area contributed by atoms with Gasteiger partial charge in [0.25, 0.3) is 5.56 Å². The Kier molecular flexibility index (Phi) is 4.44. The number of nitrogens with zero attached hydrogens (tertiary/aromatic N) is 4. The summed E-state index contributed by atoms with van der Waals surface area (Å²) in [7, 11) is 0. The van der Waals surface area contributed by atoms with Crippen LogP contribution in [0.2, 0.25) is 0 Å². The molecule has 0 fully saturated rings. The number of aryl methyl sites for hydroxylation is 2. The molecule has 4 rings (SSSR count). The predicted molar refractivity (Wildman–Crippen MR) is 97.2 cm³/mol. The van der Waals surface area contributed by atoms with Gasteiger partial charge in [-0.2, -0.15) is 0 Å². The first-order chi connectivity index (χ1) is 11.2. The van der Waals surface area contributed by atoms with Crippen molar-refractivity contribution in [1.29, 1.82) is 0 Å². The van der Waals surface area contributed by atoms with Crippen LogP contribution in [-0.4, -0.2) is 25.8 Å². The fourth-order valence-corrected chi connectivity index (χ4v) is 6.25. The minimum absolute atomic E-state index is 0.0482. The number of hydrogen-bond acceptors (Lipinski definition) is 8. The SMILES string of the molecule is CSc1nnc(SCc2cc(=O)n3c4c(sc3n2)CCCC4)s1. The first-order valence-corrected chi connectivity index (χ1v) is 11.1. The van der Waals surface area contributed by atoms with Gasteiger partial charge in [-0.3, -0.25) is 9.20 Å². The molecule has 0 atom stereocenters. The molecular formula is C14H14N4OS4. The van der Waals surface area contributed by atoms with Gasteiger partial charge in [0.1, 0.15) is 0 Å². The second kappa shape index (κ2) is 6.54. The molecule has 9 heteroatoms. The summed E-state index contributed by atoms with van der Waals surface area (Å²) in [6, 6.07) is 1.66. The molecular weight excluding hydrogens is 368 g/mol. The third kappa shape index (κ3) is 3.07. The average molecular weight is 383 g/mol. The summed E-state index contributed by atoms with van der Waals surface area (Å²) in [6.07, 6.45) is 6.44. The van der Waals surface area contributed by atoms with E-state index in [1.54, 1.807) is 52.3 Å². The highest BCUT2D eigenvalue weighted by Crippen LogP contribution is 2.31. The summed E-state index contributed by atoms with van der Waals surface area (Å²) < 4.78 is 3.69. The van der Waals surface area contributed by atoms with Crippen LogP contribution in [0.3, 0.4) is 0 Å². The Hall–Kier alpha value is -0.900. The van der Waals surface area contributed by atoms with Gasteiger partial charge in [0.15, 0.2) is 13.6 Å². The topological polar surface area (TPSA) is 60.2 Å². The van der Waals surface area contributed by atoms with E-state index in [4.69, 9.17) is 4.98 Å². The van der Waals surface area contributed by atoms with Crippen LogP contribution >= 0.6 is 46.2 Å². The van der Waals surface area contributed by atoms with E-state index in [-0.39, 0.29) is 5.56 Å². The molecule has 0 saturated carbocycles. The van der Waals surface area contributed by atoms with E-state index in [1.165, 1.54) is 17.0 Å². The lowest BCUT2D eigenvalue weighted by Gasteiger charge is -2.09. The van der Waals surface area contributed by atoms with Crippen molar-refractivity contribution in [1.82, 2.24) is 19.6 Å². The lowest BCUT2D eigenvalue weighted by molar-refractivity contribution is 0.670. The van der Waals surface area contributed by atoms with Crippen LogP contribution in [0, 0.1) is 0 Å². The maximum Gasteiger partial charge on any atom is 0.259 e. The molecule has 1 aliphatic carbocycles. The normalized spacial score (nSPS) is 14.3. The highest BCUT2D eigenvalue weighted by molar-refractivity contribution is 8.02. The Morgan fingerprint density at radius 2 is 2.04 bits per heavy atom. The van der Waals surface area contributed by atoms with Crippen molar-refractivity contribution >= 4 is 51.2 Å². The van der Waals surface area contributed by atoms with Crippen molar-refractivity contribution in [3.63, 3.8) is 0 Å². The molecule has 3 heterocycles. The number of thioether (sulfide) groups is 2. The monoisotopic (exact) mass is 382 g/mol. The summed E-state index contributed by atoms with van der Waals surface area (Å²) in [5.41, 5.74) is 2.05. The minimum atomic E-state index is 0.0482. The molecule has 0 unspecified atom stereocenters. The maximum atomic E-state index is 12.5. The number of hydrogen-bond donors (Lipinski definition) is 0. The number of fused-ring (bicyclic) bond motifs is 3. The van der Waals surface area contributed by atoms with Crippen LogP contribution in [-0.2, 0) is 18.6 Å². The van der Waals surface area contributed by atoms with Crippen molar-refractivity contribution in [2.45, 2.75) is 40.1 Å². The molecule has 120 valence electrons. The average Bonchev–Trinajstić information content (AvgIpc) is 3.16. The Morgan fingerprint density at radius 3 is 2.87 bits per heavy atom. The summed E-state index contributed by atoms with van der Waals surface area (Å²) in [5.74, 6) is 0.650. The second-order valence-corrected chi connectivity index (χ2v) is 9.52. The molecule has 0 aromatic carbocycles. The van der Waals surface area contributed by atoms with Gasteiger partial charge in [0.05, 0.1) is 5.69 Å². The number of aromatic nitrogens is 4. The molecule has 0 aliphatic heterocycles. The zero-order valence-electron chi connectivity index (χ0n) is 12.4. The zero-order chi connectivity index (χ0) is 15.8. The molecule has 0 spiro atoms. The van der Waals surface area contributed by atoms with Crippen LogP contribution in [0.1, 0.15) is 29.1 Å². The van der Waals surface area contributed by atoms with Crippen molar-refractivity contribution < 1.29 is 0 Å². The quantitative estimate of drug-likeness (QED) is 0.644. The minimum Gasteiger partial charge on any atom is -0.269 e. The molecule has 0 bridgehead atoms. The predicted octanol–water partition coefficient (Wildman–Crippen LogP) is 3.50. The number of rotatable bonds is 4. The molecule has 0 saturated heterocycles. The third-order valence-electron chi connectivity index (χ3n) is 3.72. The summed E-state index contributed by atoms with van der Waals surface area (Å²) in [6.45, 7) is 0. The lowest BCUT2D eigenvalue weighted by Crippen LogP contribution is -2.17. The van der Waals surface area contributed by atoms with Crippen LogP contribution in [0.5, 0.6) is 0 Å². The maximum absolute atomic E-state index is 12.5. The number of thiazole rings is 1.